The molecule has 0 unspecified atom stereocenters. The van der Waals surface area contributed by atoms with Gasteiger partial charge in [-0.15, -0.1) is 0 Å². The number of rotatable bonds is 6. The van der Waals surface area contributed by atoms with Crippen LogP contribution in [-0.2, 0) is 0 Å². The summed E-state index contributed by atoms with van der Waals surface area (Å²) in [6.07, 6.45) is 4.72. The first kappa shape index (κ1) is 19.7. The van der Waals surface area contributed by atoms with Gasteiger partial charge in [0.25, 0.3) is 0 Å². The van der Waals surface area contributed by atoms with Gasteiger partial charge in [-0.05, 0) is 73.8 Å². The fraction of sp³-hybridized carbons (Fsp3) is 0.400. The van der Waals surface area contributed by atoms with E-state index in [1.807, 2.05) is 49.6 Å². The predicted molar refractivity (Wildman–Crippen MR) is 111 cm³/mol. The van der Waals surface area contributed by atoms with Gasteiger partial charge in [0.2, 0.25) is 0 Å². The summed E-state index contributed by atoms with van der Waals surface area (Å²) in [6, 6.07) is 10.1. The van der Waals surface area contributed by atoms with Crippen LogP contribution in [0.3, 0.4) is 0 Å². The molecule has 5 heteroatoms. The summed E-state index contributed by atoms with van der Waals surface area (Å²) >= 11 is 12.0. The quantitative estimate of drug-likeness (QED) is 0.641. The summed E-state index contributed by atoms with van der Waals surface area (Å²) in [5.41, 5.74) is 3.16. The molecule has 1 aromatic heterocycles. The molecule has 0 radical (unpaired) electrons. The maximum Gasteiger partial charge on any atom is 0.173 e. The number of benzene rings is 1. The van der Waals surface area contributed by atoms with E-state index in [9.17, 15) is 0 Å². The Hall–Kier alpha value is -1.65. The Morgan fingerprint density at radius 2 is 1.88 bits per heavy atom. The molecule has 2 aromatic rings. The Labute approximate surface area is 161 Å². The minimum absolute atomic E-state index is 0.168. The van der Waals surface area contributed by atoms with Crippen LogP contribution in [0, 0.1) is 12.8 Å². The van der Waals surface area contributed by atoms with Gasteiger partial charge >= 0.3 is 0 Å². The fourth-order valence-corrected chi connectivity index (χ4v) is 3.15. The molecule has 3 nitrogen and oxygen atoms in total. The van der Waals surface area contributed by atoms with Gasteiger partial charge < -0.3 is 10.2 Å². The van der Waals surface area contributed by atoms with Gasteiger partial charge in [0.15, 0.2) is 5.11 Å². The van der Waals surface area contributed by atoms with Gasteiger partial charge in [-0.3, -0.25) is 4.98 Å². The molecule has 134 valence electrons. The molecule has 0 aliphatic rings. The maximum absolute atomic E-state index is 6.23. The average Bonchev–Trinajstić information content (AvgIpc) is 2.59. The number of hydrogen-bond donors (Lipinski definition) is 1. The van der Waals surface area contributed by atoms with Crippen LogP contribution in [-0.4, -0.2) is 21.5 Å². The zero-order chi connectivity index (χ0) is 18.4. The first-order chi connectivity index (χ1) is 11.9. The Morgan fingerprint density at radius 3 is 2.52 bits per heavy atom. The highest BCUT2D eigenvalue weighted by molar-refractivity contribution is 7.80. The van der Waals surface area contributed by atoms with Crippen molar-refractivity contribution in [3.63, 3.8) is 0 Å². The molecule has 2 rings (SSSR count). The summed E-state index contributed by atoms with van der Waals surface area (Å²) in [6.45, 7) is 9.53. The first-order valence-corrected chi connectivity index (χ1v) is 9.41. The Morgan fingerprint density at radius 1 is 1.20 bits per heavy atom. The molecule has 0 aliphatic heterocycles. The monoisotopic (exact) mass is 375 g/mol. The third-order valence-electron chi connectivity index (χ3n) is 4.37. The third-order valence-corrected chi connectivity index (χ3v) is 5.12. The second-order valence-corrected chi connectivity index (χ2v) is 7.47. The summed E-state index contributed by atoms with van der Waals surface area (Å²) in [5.74, 6) is 0.614. The number of aromatic nitrogens is 1. The molecule has 0 bridgehead atoms. The molecule has 0 aliphatic carbocycles. The van der Waals surface area contributed by atoms with Gasteiger partial charge in [0, 0.05) is 29.6 Å². The molecule has 0 amide bonds. The third kappa shape index (κ3) is 5.41. The second kappa shape index (κ2) is 9.16. The lowest BCUT2D eigenvalue weighted by molar-refractivity contribution is 0.318. The molecule has 0 saturated carbocycles. The van der Waals surface area contributed by atoms with Crippen LogP contribution in [0.5, 0.6) is 0 Å². The highest BCUT2D eigenvalue weighted by Gasteiger charge is 2.19. The SMILES string of the molecule is Cc1c(Cl)cccc1NC(=S)N(CCC(C)C)[C@@H](C)c1ccncc1. The number of halogens is 1. The van der Waals surface area contributed by atoms with Crippen molar-refractivity contribution >= 4 is 34.6 Å². The summed E-state index contributed by atoms with van der Waals surface area (Å²) in [4.78, 5) is 6.35. The molecular weight excluding hydrogens is 350 g/mol. The van der Waals surface area contributed by atoms with E-state index in [1.54, 1.807) is 0 Å². The van der Waals surface area contributed by atoms with E-state index < -0.39 is 0 Å². The number of nitrogens with zero attached hydrogens (tertiary/aromatic N) is 2. The van der Waals surface area contributed by atoms with E-state index in [4.69, 9.17) is 23.8 Å². The molecule has 1 aromatic carbocycles. The molecule has 1 atom stereocenters. The molecule has 1 heterocycles. The minimum Gasteiger partial charge on any atom is -0.342 e. The lowest BCUT2D eigenvalue weighted by Crippen LogP contribution is -2.38. The smallest absolute Gasteiger partial charge is 0.173 e. The van der Waals surface area contributed by atoms with Gasteiger partial charge in [-0.25, -0.2) is 0 Å². The molecule has 0 fully saturated rings. The summed E-state index contributed by atoms with van der Waals surface area (Å²) < 4.78 is 0. The normalized spacial score (nSPS) is 12.1. The number of nitrogens with one attached hydrogen (secondary N) is 1. The van der Waals surface area contributed by atoms with Crippen molar-refractivity contribution in [2.24, 2.45) is 5.92 Å². The van der Waals surface area contributed by atoms with Crippen LogP contribution in [0.2, 0.25) is 5.02 Å². The predicted octanol–water partition coefficient (Wildman–Crippen LogP) is 5.85. The van der Waals surface area contributed by atoms with Crippen molar-refractivity contribution in [1.82, 2.24) is 9.88 Å². The average molecular weight is 376 g/mol. The van der Waals surface area contributed by atoms with Gasteiger partial charge in [0.05, 0.1) is 6.04 Å². The number of pyridine rings is 1. The van der Waals surface area contributed by atoms with Crippen molar-refractivity contribution < 1.29 is 0 Å². The zero-order valence-electron chi connectivity index (χ0n) is 15.3. The Bertz CT molecular complexity index is 703. The van der Waals surface area contributed by atoms with Crippen LogP contribution in [0.15, 0.2) is 42.7 Å². The van der Waals surface area contributed by atoms with Gasteiger partial charge in [-0.1, -0.05) is 31.5 Å². The van der Waals surface area contributed by atoms with Crippen molar-refractivity contribution in [3.05, 3.63) is 58.9 Å². The van der Waals surface area contributed by atoms with E-state index in [0.29, 0.717) is 5.92 Å². The largest absolute Gasteiger partial charge is 0.342 e. The van der Waals surface area contributed by atoms with Crippen LogP contribution >= 0.6 is 23.8 Å². The highest BCUT2D eigenvalue weighted by atomic mass is 35.5. The fourth-order valence-electron chi connectivity index (χ4n) is 2.62. The van der Waals surface area contributed by atoms with Gasteiger partial charge in [-0.2, -0.15) is 0 Å². The molecule has 25 heavy (non-hydrogen) atoms. The zero-order valence-corrected chi connectivity index (χ0v) is 16.9. The van der Waals surface area contributed by atoms with E-state index in [-0.39, 0.29) is 6.04 Å². The Kier molecular flexibility index (Phi) is 7.21. The van der Waals surface area contributed by atoms with E-state index in [0.717, 1.165) is 34.4 Å². The lowest BCUT2D eigenvalue weighted by Gasteiger charge is -2.33. The van der Waals surface area contributed by atoms with Crippen molar-refractivity contribution in [1.29, 1.82) is 0 Å². The van der Waals surface area contributed by atoms with E-state index in [1.165, 1.54) is 5.56 Å². The van der Waals surface area contributed by atoms with E-state index >= 15 is 0 Å². The van der Waals surface area contributed by atoms with Crippen molar-refractivity contribution in [3.8, 4) is 0 Å². The molecule has 0 saturated heterocycles. The van der Waals surface area contributed by atoms with Crippen LogP contribution in [0.1, 0.15) is 44.4 Å². The first-order valence-electron chi connectivity index (χ1n) is 8.62. The van der Waals surface area contributed by atoms with E-state index in [2.05, 4.69) is 36.0 Å². The highest BCUT2D eigenvalue weighted by Crippen LogP contribution is 2.26. The number of anilines is 1. The standard InChI is InChI=1S/C20H26ClN3S/c1-14(2)10-13-24(16(4)17-8-11-22-12-9-17)20(25)23-19-7-5-6-18(21)15(19)3/h5-9,11-12,14,16H,10,13H2,1-4H3,(H,23,25)/t16-/m0/s1. The van der Waals surface area contributed by atoms with Crippen LogP contribution in [0.4, 0.5) is 5.69 Å². The van der Waals surface area contributed by atoms with Crippen molar-refractivity contribution in [2.45, 2.75) is 40.2 Å². The summed E-state index contributed by atoms with van der Waals surface area (Å²) in [5, 5.41) is 4.84. The molecule has 0 spiro atoms. The molecule has 1 N–H and O–H groups in total. The summed E-state index contributed by atoms with van der Waals surface area (Å²) in [7, 11) is 0. The van der Waals surface area contributed by atoms with Crippen LogP contribution < -0.4 is 5.32 Å². The maximum atomic E-state index is 6.23. The number of thiocarbonyl (C=S) groups is 1. The topological polar surface area (TPSA) is 28.2 Å². The van der Waals surface area contributed by atoms with Crippen LogP contribution in [0.25, 0.3) is 0 Å². The lowest BCUT2D eigenvalue weighted by atomic mass is 10.1. The second-order valence-electron chi connectivity index (χ2n) is 6.67. The number of hydrogen-bond acceptors (Lipinski definition) is 2. The Balaban J connectivity index is 2.21. The minimum atomic E-state index is 0.168. The van der Waals surface area contributed by atoms with Crippen molar-refractivity contribution in [2.75, 3.05) is 11.9 Å². The molecular formula is C20H26ClN3S. The van der Waals surface area contributed by atoms with Gasteiger partial charge in [0.1, 0.15) is 0 Å².